The molecule has 0 saturated carbocycles. The van der Waals surface area contributed by atoms with Gasteiger partial charge < -0.3 is 4.90 Å². The number of nitrogens with two attached hydrogens (primary N) is 1. The third-order valence-electron chi connectivity index (χ3n) is 8.61. The number of carbonyl (C=O) groups is 1. The molecule has 0 aliphatic carbocycles. The van der Waals surface area contributed by atoms with Crippen LogP contribution in [0.15, 0.2) is 83.9 Å². The van der Waals surface area contributed by atoms with Crippen LogP contribution in [0, 0.1) is 11.6 Å². The second kappa shape index (κ2) is 12.0. The Bertz CT molecular complexity index is 1790. The number of likely N-dealkylation sites (tertiary alicyclic amines) is 2. The number of primary sulfonamides is 1. The van der Waals surface area contributed by atoms with Crippen LogP contribution in [-0.4, -0.2) is 66.0 Å². The SMILES string of the molecule is NS(=O)(=O)c1ccc(CN2CCC(c3c(C(=O)N4C[C@@H](c5ccc(F)cc5)C(F)(F)C4)cnn3-c3ccc(F)cc3)CC2)cc1. The number of alkyl halides is 2. The fourth-order valence-corrected chi connectivity index (χ4v) is 6.78. The molecule has 2 fully saturated rings. The topological polar surface area (TPSA) is 102 Å². The van der Waals surface area contributed by atoms with E-state index in [0.717, 1.165) is 22.6 Å². The Balaban J connectivity index is 1.24. The summed E-state index contributed by atoms with van der Waals surface area (Å²) in [6.45, 7) is 0.865. The predicted octanol–water partition coefficient (Wildman–Crippen LogP) is 5.05. The fraction of sp³-hybridized carbons (Fsp3) is 0.312. The number of benzene rings is 3. The highest BCUT2D eigenvalue weighted by Gasteiger charge is 2.50. The zero-order chi connectivity index (χ0) is 31.9. The van der Waals surface area contributed by atoms with Gasteiger partial charge in [-0.2, -0.15) is 5.10 Å². The number of halogens is 4. The number of nitrogens with zero attached hydrogens (tertiary/aromatic N) is 4. The molecule has 2 aliphatic heterocycles. The van der Waals surface area contributed by atoms with E-state index in [1.165, 1.54) is 42.6 Å². The number of piperidine rings is 1. The Morgan fingerprint density at radius 1 is 0.911 bits per heavy atom. The quantitative estimate of drug-likeness (QED) is 0.285. The number of hydrogen-bond donors (Lipinski definition) is 1. The molecule has 2 N–H and O–H groups in total. The summed E-state index contributed by atoms with van der Waals surface area (Å²) in [4.78, 5) is 17.3. The zero-order valence-electron chi connectivity index (χ0n) is 24.1. The van der Waals surface area contributed by atoms with Gasteiger partial charge in [0.1, 0.15) is 11.6 Å². The Morgan fingerprint density at radius 2 is 1.51 bits per heavy atom. The van der Waals surface area contributed by atoms with E-state index < -0.39 is 46.0 Å². The minimum absolute atomic E-state index is 0.0379. The van der Waals surface area contributed by atoms with Gasteiger partial charge in [-0.1, -0.05) is 24.3 Å². The smallest absolute Gasteiger partial charge is 0.273 e. The lowest BCUT2D eigenvalue weighted by Gasteiger charge is -2.33. The number of sulfonamides is 1. The second-order valence-electron chi connectivity index (χ2n) is 11.6. The second-order valence-corrected chi connectivity index (χ2v) is 13.2. The maximum atomic E-state index is 15.2. The number of rotatable bonds is 7. The number of hydrogen-bond acceptors (Lipinski definition) is 5. The average molecular weight is 642 g/mol. The molecule has 13 heteroatoms. The lowest BCUT2D eigenvalue weighted by molar-refractivity contribution is -0.00245. The van der Waals surface area contributed by atoms with Crippen LogP contribution in [-0.2, 0) is 16.6 Å². The van der Waals surface area contributed by atoms with E-state index in [-0.39, 0.29) is 28.5 Å². The summed E-state index contributed by atoms with van der Waals surface area (Å²) >= 11 is 0. The van der Waals surface area contributed by atoms with Gasteiger partial charge in [0.2, 0.25) is 10.0 Å². The van der Waals surface area contributed by atoms with Crippen molar-refractivity contribution in [3.05, 3.63) is 113 Å². The molecule has 0 spiro atoms. The molecule has 0 bridgehead atoms. The van der Waals surface area contributed by atoms with Gasteiger partial charge in [0.25, 0.3) is 11.8 Å². The van der Waals surface area contributed by atoms with Crippen molar-refractivity contribution < 1.29 is 30.8 Å². The number of carbonyl (C=O) groups excluding carboxylic acids is 1. The molecule has 4 aromatic rings. The van der Waals surface area contributed by atoms with Crippen LogP contribution in [0.5, 0.6) is 0 Å². The largest absolute Gasteiger partial charge is 0.332 e. The van der Waals surface area contributed by atoms with E-state index >= 15 is 8.78 Å². The molecule has 2 aliphatic rings. The number of aromatic nitrogens is 2. The van der Waals surface area contributed by atoms with Gasteiger partial charge in [0.05, 0.1) is 40.5 Å². The monoisotopic (exact) mass is 641 g/mol. The van der Waals surface area contributed by atoms with E-state index in [9.17, 15) is 22.0 Å². The predicted molar refractivity (Wildman–Crippen MR) is 159 cm³/mol. The first-order valence-corrected chi connectivity index (χ1v) is 16.0. The van der Waals surface area contributed by atoms with Gasteiger partial charge in [-0.05, 0) is 85.6 Å². The van der Waals surface area contributed by atoms with Crippen LogP contribution in [0.25, 0.3) is 5.69 Å². The lowest BCUT2D eigenvalue weighted by atomic mass is 9.90. The zero-order valence-corrected chi connectivity index (χ0v) is 24.9. The molecule has 236 valence electrons. The standard InChI is InChI=1S/C32H31F4N5O3S/c33-24-5-3-22(4-6-24)29-19-40(20-32(29,35)36)31(42)28-17-38-41(26-9-7-25(34)8-10-26)30(28)23-13-15-39(16-14-23)18-21-1-11-27(12-2-21)45(37,43)44/h1-12,17,23,29H,13-16,18-20H2,(H2,37,43,44)/t29-/m0/s1. The van der Waals surface area contributed by atoms with E-state index in [4.69, 9.17) is 5.14 Å². The maximum absolute atomic E-state index is 15.2. The first-order valence-electron chi connectivity index (χ1n) is 14.5. The molecule has 45 heavy (non-hydrogen) atoms. The van der Waals surface area contributed by atoms with Gasteiger partial charge >= 0.3 is 0 Å². The van der Waals surface area contributed by atoms with Crippen molar-refractivity contribution in [2.24, 2.45) is 5.14 Å². The van der Waals surface area contributed by atoms with Gasteiger partial charge in [-0.25, -0.2) is 35.8 Å². The Labute approximate surface area is 258 Å². The molecule has 1 atom stereocenters. The molecule has 3 aromatic carbocycles. The molecule has 0 radical (unpaired) electrons. The van der Waals surface area contributed by atoms with E-state index in [2.05, 4.69) is 10.00 Å². The molecule has 8 nitrogen and oxygen atoms in total. The summed E-state index contributed by atoms with van der Waals surface area (Å²) in [5.74, 6) is -6.16. The molecule has 6 rings (SSSR count). The Hall–Kier alpha value is -4.07. The molecule has 2 saturated heterocycles. The third-order valence-corrected chi connectivity index (χ3v) is 9.54. The highest BCUT2D eigenvalue weighted by atomic mass is 32.2. The molecular formula is C32H31F4N5O3S. The normalized spacial score (nSPS) is 19.2. The molecule has 1 amide bonds. The molecule has 3 heterocycles. The lowest BCUT2D eigenvalue weighted by Crippen LogP contribution is -2.35. The van der Waals surface area contributed by atoms with Crippen molar-refractivity contribution in [3.63, 3.8) is 0 Å². The van der Waals surface area contributed by atoms with Crippen molar-refractivity contribution in [1.82, 2.24) is 19.6 Å². The third kappa shape index (κ3) is 6.51. The van der Waals surface area contributed by atoms with Crippen molar-refractivity contribution in [2.45, 2.75) is 42.0 Å². The van der Waals surface area contributed by atoms with E-state index in [1.54, 1.807) is 28.9 Å². The minimum atomic E-state index is -3.79. The molecule has 0 unspecified atom stereocenters. The first kappa shape index (κ1) is 30.9. The van der Waals surface area contributed by atoms with Crippen molar-refractivity contribution in [1.29, 1.82) is 0 Å². The fourth-order valence-electron chi connectivity index (χ4n) is 6.26. The van der Waals surface area contributed by atoms with Crippen LogP contribution in [0.1, 0.15) is 51.9 Å². The Kier molecular flexibility index (Phi) is 8.27. The van der Waals surface area contributed by atoms with Crippen LogP contribution in [0.2, 0.25) is 0 Å². The van der Waals surface area contributed by atoms with Crippen LogP contribution in [0.3, 0.4) is 0 Å². The molecule has 1 aromatic heterocycles. The van der Waals surface area contributed by atoms with Gasteiger partial charge in [-0.15, -0.1) is 0 Å². The summed E-state index contributed by atoms with van der Waals surface area (Å²) in [5.41, 5.74) is 2.51. The van der Waals surface area contributed by atoms with Gasteiger partial charge in [-0.3, -0.25) is 9.69 Å². The van der Waals surface area contributed by atoms with Gasteiger partial charge in [0.15, 0.2) is 0 Å². The molecular weight excluding hydrogens is 610 g/mol. The number of amides is 1. The summed E-state index contributed by atoms with van der Waals surface area (Å²) in [6.07, 6.45) is 2.66. The van der Waals surface area contributed by atoms with Crippen LogP contribution >= 0.6 is 0 Å². The summed E-state index contributed by atoms with van der Waals surface area (Å²) in [7, 11) is -3.79. The Morgan fingerprint density at radius 3 is 2.11 bits per heavy atom. The average Bonchev–Trinajstić information content (AvgIpc) is 3.59. The van der Waals surface area contributed by atoms with Crippen LogP contribution in [0.4, 0.5) is 17.6 Å². The summed E-state index contributed by atoms with van der Waals surface area (Å²) in [5, 5.41) is 9.67. The highest BCUT2D eigenvalue weighted by Crippen LogP contribution is 2.42. The van der Waals surface area contributed by atoms with E-state index in [0.29, 0.717) is 43.9 Å². The summed E-state index contributed by atoms with van der Waals surface area (Å²) < 4.78 is 82.3. The highest BCUT2D eigenvalue weighted by molar-refractivity contribution is 7.89. The van der Waals surface area contributed by atoms with Gasteiger partial charge in [0, 0.05) is 19.0 Å². The van der Waals surface area contributed by atoms with Crippen molar-refractivity contribution in [3.8, 4) is 5.69 Å². The minimum Gasteiger partial charge on any atom is -0.332 e. The van der Waals surface area contributed by atoms with Crippen molar-refractivity contribution in [2.75, 3.05) is 26.2 Å². The summed E-state index contributed by atoms with van der Waals surface area (Å²) in [6, 6.07) is 17.0. The van der Waals surface area contributed by atoms with Crippen LogP contribution < -0.4 is 5.14 Å². The van der Waals surface area contributed by atoms with Crippen molar-refractivity contribution >= 4 is 15.9 Å². The first-order chi connectivity index (χ1) is 21.4. The maximum Gasteiger partial charge on any atom is 0.273 e. The van der Waals surface area contributed by atoms with E-state index in [1.807, 2.05) is 0 Å².